The molecule has 4 rings (SSSR count). The molecule has 152 valence electrons. The van der Waals surface area contributed by atoms with Gasteiger partial charge in [-0.05, 0) is 39.2 Å². The van der Waals surface area contributed by atoms with Crippen molar-refractivity contribution in [3.8, 4) is 0 Å². The molecule has 1 aromatic heterocycles. The molecule has 0 saturated carbocycles. The molecule has 4 heterocycles. The number of amides is 2. The minimum Gasteiger partial charge on any atom is -0.357 e. The summed E-state index contributed by atoms with van der Waals surface area (Å²) in [5, 5.41) is 6.33. The van der Waals surface area contributed by atoms with Gasteiger partial charge in [0.2, 0.25) is 11.9 Å². The van der Waals surface area contributed by atoms with E-state index < -0.39 is 0 Å². The van der Waals surface area contributed by atoms with Crippen molar-refractivity contribution in [3.05, 3.63) is 17.0 Å². The number of nitrogens with one attached hydrogen (secondary N) is 2. The number of anilines is 1. The first kappa shape index (κ1) is 19.1. The van der Waals surface area contributed by atoms with E-state index in [-0.39, 0.29) is 17.2 Å². The minimum atomic E-state index is -0.374. The monoisotopic (exact) mass is 386 g/mol. The molecule has 3 aliphatic rings. The molecule has 0 spiro atoms. The van der Waals surface area contributed by atoms with Crippen LogP contribution in [0.3, 0.4) is 0 Å². The highest BCUT2D eigenvalue weighted by atomic mass is 16.2. The van der Waals surface area contributed by atoms with E-state index in [9.17, 15) is 9.59 Å². The minimum absolute atomic E-state index is 0.0347. The Kier molecular flexibility index (Phi) is 5.23. The fourth-order valence-corrected chi connectivity index (χ4v) is 4.57. The number of carbonyl (C=O) groups excluding carboxylic acids is 2. The predicted octanol–water partition coefficient (Wildman–Crippen LogP) is 1.03. The summed E-state index contributed by atoms with van der Waals surface area (Å²) in [4.78, 5) is 39.3. The molecule has 1 aromatic rings. The Balaban J connectivity index is 1.63. The standard InChI is InChI=1S/C20H30N6O2/c1-20(7-5-8-22-13-20)18(28)26-11-6-15-14(12-26)16(24-19(21-2)23-15)17(27)25-9-3-4-10-25/h22H,3-13H2,1-2H3,(H,21,23,24). The molecule has 0 aliphatic carbocycles. The first-order valence-electron chi connectivity index (χ1n) is 10.4. The number of fused-ring (bicyclic) bond motifs is 1. The molecule has 0 aromatic carbocycles. The Morgan fingerprint density at radius 1 is 1.11 bits per heavy atom. The normalized spacial score (nSPS) is 24.8. The number of hydrogen-bond acceptors (Lipinski definition) is 6. The van der Waals surface area contributed by atoms with Crippen LogP contribution in [0.15, 0.2) is 0 Å². The molecule has 2 N–H and O–H groups in total. The average Bonchev–Trinajstić information content (AvgIpc) is 3.27. The van der Waals surface area contributed by atoms with Crippen molar-refractivity contribution in [1.82, 2.24) is 25.1 Å². The van der Waals surface area contributed by atoms with Crippen LogP contribution in [0.25, 0.3) is 0 Å². The Bertz CT molecular complexity index is 768. The summed E-state index contributed by atoms with van der Waals surface area (Å²) < 4.78 is 0. The number of piperidine rings is 1. The van der Waals surface area contributed by atoms with Crippen LogP contribution in [0.4, 0.5) is 5.95 Å². The third-order valence-corrected chi connectivity index (χ3v) is 6.28. The van der Waals surface area contributed by atoms with Crippen molar-refractivity contribution in [1.29, 1.82) is 0 Å². The van der Waals surface area contributed by atoms with Crippen molar-refractivity contribution in [2.75, 3.05) is 45.1 Å². The Labute approximate surface area is 166 Å². The SMILES string of the molecule is CNc1nc2c(c(C(=O)N3CCCC3)n1)CN(C(=O)C1(C)CCCNC1)CC2. The second kappa shape index (κ2) is 7.66. The Morgan fingerprint density at radius 2 is 1.89 bits per heavy atom. The molecule has 0 radical (unpaired) electrons. The van der Waals surface area contributed by atoms with Crippen LogP contribution in [0.1, 0.15) is 54.4 Å². The summed E-state index contributed by atoms with van der Waals surface area (Å²) in [5.74, 6) is 0.611. The van der Waals surface area contributed by atoms with Gasteiger partial charge >= 0.3 is 0 Å². The number of likely N-dealkylation sites (tertiary alicyclic amines) is 1. The maximum absolute atomic E-state index is 13.3. The third kappa shape index (κ3) is 3.45. The molecule has 2 amide bonds. The van der Waals surface area contributed by atoms with Crippen molar-refractivity contribution in [3.63, 3.8) is 0 Å². The molecule has 3 aliphatic heterocycles. The van der Waals surface area contributed by atoms with Gasteiger partial charge in [-0.15, -0.1) is 0 Å². The molecule has 1 atom stereocenters. The molecular formula is C20H30N6O2. The molecule has 0 bridgehead atoms. The maximum Gasteiger partial charge on any atom is 0.273 e. The molecule has 8 heteroatoms. The lowest BCUT2D eigenvalue weighted by Crippen LogP contribution is -2.51. The summed E-state index contributed by atoms with van der Waals surface area (Å²) in [6.45, 7) is 6.35. The van der Waals surface area contributed by atoms with Crippen LogP contribution >= 0.6 is 0 Å². The van der Waals surface area contributed by atoms with E-state index in [2.05, 4.69) is 20.6 Å². The fraction of sp³-hybridized carbons (Fsp3) is 0.700. The van der Waals surface area contributed by atoms with Gasteiger partial charge in [0.05, 0.1) is 11.1 Å². The van der Waals surface area contributed by atoms with E-state index >= 15 is 0 Å². The number of aromatic nitrogens is 2. The van der Waals surface area contributed by atoms with Gasteiger partial charge in [-0.3, -0.25) is 9.59 Å². The highest BCUT2D eigenvalue weighted by Gasteiger charge is 2.40. The van der Waals surface area contributed by atoms with Gasteiger partial charge < -0.3 is 20.4 Å². The zero-order chi connectivity index (χ0) is 19.7. The molecule has 8 nitrogen and oxygen atoms in total. The van der Waals surface area contributed by atoms with Gasteiger partial charge in [-0.1, -0.05) is 0 Å². The molecular weight excluding hydrogens is 356 g/mol. The van der Waals surface area contributed by atoms with E-state index in [1.54, 1.807) is 7.05 Å². The lowest BCUT2D eigenvalue weighted by atomic mass is 9.81. The van der Waals surface area contributed by atoms with E-state index in [4.69, 9.17) is 0 Å². The van der Waals surface area contributed by atoms with E-state index in [1.807, 2.05) is 16.7 Å². The second-order valence-electron chi connectivity index (χ2n) is 8.39. The van der Waals surface area contributed by atoms with Gasteiger partial charge in [0.1, 0.15) is 5.69 Å². The zero-order valence-corrected chi connectivity index (χ0v) is 16.9. The lowest BCUT2D eigenvalue weighted by Gasteiger charge is -2.39. The van der Waals surface area contributed by atoms with Gasteiger partial charge in [-0.25, -0.2) is 9.97 Å². The molecule has 28 heavy (non-hydrogen) atoms. The Morgan fingerprint density at radius 3 is 2.57 bits per heavy atom. The lowest BCUT2D eigenvalue weighted by molar-refractivity contribution is -0.143. The number of rotatable bonds is 3. The van der Waals surface area contributed by atoms with Crippen LogP contribution in [0.2, 0.25) is 0 Å². The van der Waals surface area contributed by atoms with Gasteiger partial charge in [0, 0.05) is 51.8 Å². The summed E-state index contributed by atoms with van der Waals surface area (Å²) in [6.07, 6.45) is 4.64. The van der Waals surface area contributed by atoms with Crippen molar-refractivity contribution >= 4 is 17.8 Å². The van der Waals surface area contributed by atoms with Crippen molar-refractivity contribution in [2.24, 2.45) is 5.41 Å². The van der Waals surface area contributed by atoms with E-state index in [1.165, 1.54) is 0 Å². The first-order valence-corrected chi connectivity index (χ1v) is 10.4. The largest absolute Gasteiger partial charge is 0.357 e. The van der Waals surface area contributed by atoms with Crippen molar-refractivity contribution in [2.45, 2.75) is 45.6 Å². The summed E-state index contributed by atoms with van der Waals surface area (Å²) >= 11 is 0. The number of nitrogens with zero attached hydrogens (tertiary/aromatic N) is 4. The fourth-order valence-electron chi connectivity index (χ4n) is 4.57. The van der Waals surface area contributed by atoms with Gasteiger partial charge in [0.25, 0.3) is 5.91 Å². The van der Waals surface area contributed by atoms with Gasteiger partial charge in [-0.2, -0.15) is 0 Å². The van der Waals surface area contributed by atoms with E-state index in [0.29, 0.717) is 37.7 Å². The number of hydrogen-bond donors (Lipinski definition) is 2. The van der Waals surface area contributed by atoms with Crippen LogP contribution in [0.5, 0.6) is 0 Å². The summed E-state index contributed by atoms with van der Waals surface area (Å²) in [6, 6.07) is 0. The summed E-state index contributed by atoms with van der Waals surface area (Å²) in [7, 11) is 1.77. The average molecular weight is 387 g/mol. The highest BCUT2D eigenvalue weighted by molar-refractivity contribution is 5.95. The topological polar surface area (TPSA) is 90.5 Å². The molecule has 1 unspecified atom stereocenters. The van der Waals surface area contributed by atoms with Crippen LogP contribution < -0.4 is 10.6 Å². The van der Waals surface area contributed by atoms with Crippen LogP contribution in [-0.2, 0) is 17.8 Å². The van der Waals surface area contributed by atoms with Crippen LogP contribution in [0, 0.1) is 5.41 Å². The molecule has 2 fully saturated rings. The van der Waals surface area contributed by atoms with E-state index in [0.717, 1.165) is 56.6 Å². The highest BCUT2D eigenvalue weighted by Crippen LogP contribution is 2.31. The zero-order valence-electron chi connectivity index (χ0n) is 16.9. The maximum atomic E-state index is 13.3. The smallest absolute Gasteiger partial charge is 0.273 e. The third-order valence-electron chi connectivity index (χ3n) is 6.28. The van der Waals surface area contributed by atoms with Gasteiger partial charge in [0.15, 0.2) is 0 Å². The predicted molar refractivity (Wildman–Crippen MR) is 106 cm³/mol. The van der Waals surface area contributed by atoms with Crippen molar-refractivity contribution < 1.29 is 9.59 Å². The van der Waals surface area contributed by atoms with Crippen LogP contribution in [-0.4, -0.2) is 71.4 Å². The molecule has 2 saturated heterocycles. The second-order valence-corrected chi connectivity index (χ2v) is 8.39. The Hall–Kier alpha value is -2.22. The first-order chi connectivity index (χ1) is 13.5. The summed E-state index contributed by atoms with van der Waals surface area (Å²) in [5.41, 5.74) is 1.79. The quantitative estimate of drug-likeness (QED) is 0.806. The number of carbonyl (C=O) groups is 2.